The van der Waals surface area contributed by atoms with Crippen LogP contribution in [0, 0.1) is 6.92 Å². The minimum Gasteiger partial charge on any atom is -0.356 e. The van der Waals surface area contributed by atoms with Gasteiger partial charge in [-0.05, 0) is 45.2 Å². The van der Waals surface area contributed by atoms with Crippen molar-refractivity contribution in [3.8, 4) is 0 Å². The molecule has 2 heterocycles. The average Bonchev–Trinajstić information content (AvgIpc) is 2.55. The number of benzene rings is 1. The number of carbonyl (C=O) groups excluding carboxylic acids is 1. The van der Waals surface area contributed by atoms with E-state index in [0.29, 0.717) is 5.56 Å². The van der Waals surface area contributed by atoms with E-state index >= 15 is 0 Å². The zero-order chi connectivity index (χ0) is 16.2. The summed E-state index contributed by atoms with van der Waals surface area (Å²) < 4.78 is 0. The molecule has 0 unspecified atom stereocenters. The number of rotatable bonds is 4. The number of nitrogens with zero attached hydrogens (tertiary/aromatic N) is 3. The van der Waals surface area contributed by atoms with E-state index in [1.807, 2.05) is 37.3 Å². The lowest BCUT2D eigenvalue weighted by Crippen LogP contribution is -2.30. The standard InChI is InChI=1S/C18H22N4O/c1-13(23)15-7-6-8-16(11-15)21-17-12-18(20-14(2)19-17)22-9-4-3-5-10-22/h6-8,11-12H,3-5,9-10H2,1-2H3,(H,19,20,21). The third kappa shape index (κ3) is 3.86. The highest BCUT2D eigenvalue weighted by atomic mass is 16.1. The minimum absolute atomic E-state index is 0.0570. The number of anilines is 3. The first-order chi connectivity index (χ1) is 11.1. The van der Waals surface area contributed by atoms with E-state index in [4.69, 9.17) is 0 Å². The highest BCUT2D eigenvalue weighted by Crippen LogP contribution is 2.23. The van der Waals surface area contributed by atoms with Crippen molar-refractivity contribution in [1.29, 1.82) is 0 Å². The molecule has 120 valence electrons. The minimum atomic E-state index is 0.0570. The van der Waals surface area contributed by atoms with Crippen LogP contribution < -0.4 is 10.2 Å². The number of piperidine rings is 1. The molecular formula is C18H22N4O. The summed E-state index contributed by atoms with van der Waals surface area (Å²) in [7, 11) is 0. The van der Waals surface area contributed by atoms with Gasteiger partial charge in [0.2, 0.25) is 0 Å². The molecule has 0 atom stereocenters. The Labute approximate surface area is 136 Å². The van der Waals surface area contributed by atoms with Gasteiger partial charge in [0.15, 0.2) is 5.78 Å². The van der Waals surface area contributed by atoms with Gasteiger partial charge in [0.25, 0.3) is 0 Å². The van der Waals surface area contributed by atoms with E-state index in [-0.39, 0.29) is 5.78 Å². The third-order valence-corrected chi connectivity index (χ3v) is 4.05. The van der Waals surface area contributed by atoms with Gasteiger partial charge in [-0.25, -0.2) is 9.97 Å². The van der Waals surface area contributed by atoms with Crippen LogP contribution in [0.4, 0.5) is 17.3 Å². The number of hydrogen-bond donors (Lipinski definition) is 1. The molecule has 5 nitrogen and oxygen atoms in total. The Balaban J connectivity index is 1.83. The van der Waals surface area contributed by atoms with E-state index in [0.717, 1.165) is 36.2 Å². The molecule has 1 aromatic heterocycles. The number of Topliss-reactive ketones (excluding diaryl/α,β-unsaturated/α-hetero) is 1. The molecule has 2 aromatic rings. The van der Waals surface area contributed by atoms with Crippen LogP contribution in [-0.2, 0) is 0 Å². The quantitative estimate of drug-likeness (QED) is 0.872. The lowest BCUT2D eigenvalue weighted by molar-refractivity contribution is 0.101. The summed E-state index contributed by atoms with van der Waals surface area (Å²) in [6.45, 7) is 5.58. The van der Waals surface area contributed by atoms with Crippen LogP contribution in [0.25, 0.3) is 0 Å². The first kappa shape index (κ1) is 15.5. The lowest BCUT2D eigenvalue weighted by atomic mass is 10.1. The molecule has 23 heavy (non-hydrogen) atoms. The summed E-state index contributed by atoms with van der Waals surface area (Å²) in [6, 6.07) is 9.46. The Morgan fingerprint density at radius 2 is 1.91 bits per heavy atom. The summed E-state index contributed by atoms with van der Waals surface area (Å²) in [5.41, 5.74) is 1.55. The Hall–Kier alpha value is -2.43. The van der Waals surface area contributed by atoms with Crippen molar-refractivity contribution in [1.82, 2.24) is 9.97 Å². The van der Waals surface area contributed by atoms with Gasteiger partial charge in [0.1, 0.15) is 17.5 Å². The van der Waals surface area contributed by atoms with Crippen molar-refractivity contribution in [2.75, 3.05) is 23.3 Å². The van der Waals surface area contributed by atoms with Crippen molar-refractivity contribution in [3.63, 3.8) is 0 Å². The maximum atomic E-state index is 11.5. The van der Waals surface area contributed by atoms with Crippen LogP contribution >= 0.6 is 0 Å². The predicted octanol–water partition coefficient (Wildman–Crippen LogP) is 3.72. The summed E-state index contributed by atoms with van der Waals surface area (Å²) >= 11 is 0. The van der Waals surface area contributed by atoms with E-state index in [2.05, 4.69) is 20.2 Å². The molecule has 1 saturated heterocycles. The fourth-order valence-corrected chi connectivity index (χ4v) is 2.86. The van der Waals surface area contributed by atoms with Gasteiger partial charge in [0, 0.05) is 30.4 Å². The van der Waals surface area contributed by atoms with Crippen LogP contribution in [0.2, 0.25) is 0 Å². The lowest BCUT2D eigenvalue weighted by Gasteiger charge is -2.28. The molecule has 3 rings (SSSR count). The molecule has 0 radical (unpaired) electrons. The second-order valence-corrected chi connectivity index (χ2v) is 5.97. The molecule has 0 bridgehead atoms. The van der Waals surface area contributed by atoms with Gasteiger partial charge in [-0.1, -0.05) is 12.1 Å². The van der Waals surface area contributed by atoms with Crippen LogP contribution in [-0.4, -0.2) is 28.8 Å². The molecule has 1 aromatic carbocycles. The number of hydrogen-bond acceptors (Lipinski definition) is 5. The van der Waals surface area contributed by atoms with Crippen molar-refractivity contribution < 1.29 is 4.79 Å². The summed E-state index contributed by atoms with van der Waals surface area (Å²) in [5, 5.41) is 3.29. The van der Waals surface area contributed by atoms with E-state index < -0.39 is 0 Å². The second kappa shape index (κ2) is 6.77. The van der Waals surface area contributed by atoms with Gasteiger partial charge in [-0.3, -0.25) is 4.79 Å². The molecular weight excluding hydrogens is 288 g/mol. The Bertz CT molecular complexity index is 708. The van der Waals surface area contributed by atoms with Gasteiger partial charge >= 0.3 is 0 Å². The monoisotopic (exact) mass is 310 g/mol. The normalized spacial score (nSPS) is 14.6. The fraction of sp³-hybridized carbons (Fsp3) is 0.389. The largest absolute Gasteiger partial charge is 0.356 e. The van der Waals surface area contributed by atoms with Crippen LogP contribution in [0.3, 0.4) is 0 Å². The van der Waals surface area contributed by atoms with Gasteiger partial charge in [-0.2, -0.15) is 0 Å². The highest BCUT2D eigenvalue weighted by Gasteiger charge is 2.14. The first-order valence-electron chi connectivity index (χ1n) is 8.10. The van der Waals surface area contributed by atoms with Gasteiger partial charge in [0.05, 0.1) is 0 Å². The molecule has 1 aliphatic heterocycles. The summed E-state index contributed by atoms with van der Waals surface area (Å²) in [5.74, 6) is 2.54. The smallest absolute Gasteiger partial charge is 0.159 e. The van der Waals surface area contributed by atoms with Gasteiger partial charge < -0.3 is 10.2 Å². The number of carbonyl (C=O) groups is 1. The summed E-state index contributed by atoms with van der Waals surface area (Å²) in [4.78, 5) is 22.8. The van der Waals surface area contributed by atoms with Crippen molar-refractivity contribution >= 4 is 23.1 Å². The molecule has 0 saturated carbocycles. The third-order valence-electron chi connectivity index (χ3n) is 4.05. The SMILES string of the molecule is CC(=O)c1cccc(Nc2cc(N3CCCCC3)nc(C)n2)c1. The number of aromatic nitrogens is 2. The molecule has 0 amide bonds. The van der Waals surface area contributed by atoms with E-state index in [1.165, 1.54) is 19.3 Å². The Kier molecular flexibility index (Phi) is 4.55. The average molecular weight is 310 g/mol. The van der Waals surface area contributed by atoms with Crippen LogP contribution in [0.15, 0.2) is 30.3 Å². The van der Waals surface area contributed by atoms with Crippen molar-refractivity contribution in [2.24, 2.45) is 0 Å². The zero-order valence-electron chi connectivity index (χ0n) is 13.7. The molecule has 0 spiro atoms. The topological polar surface area (TPSA) is 58.1 Å². The molecule has 0 aliphatic carbocycles. The summed E-state index contributed by atoms with van der Waals surface area (Å²) in [6.07, 6.45) is 3.72. The fourth-order valence-electron chi connectivity index (χ4n) is 2.86. The molecule has 5 heteroatoms. The van der Waals surface area contributed by atoms with Crippen molar-refractivity contribution in [2.45, 2.75) is 33.1 Å². The van der Waals surface area contributed by atoms with E-state index in [1.54, 1.807) is 6.92 Å². The van der Waals surface area contributed by atoms with Crippen LogP contribution in [0.1, 0.15) is 42.4 Å². The van der Waals surface area contributed by atoms with Gasteiger partial charge in [-0.15, -0.1) is 0 Å². The number of aryl methyl sites for hydroxylation is 1. The Morgan fingerprint density at radius 3 is 2.65 bits per heavy atom. The number of nitrogens with one attached hydrogen (secondary N) is 1. The molecule has 1 aliphatic rings. The maximum Gasteiger partial charge on any atom is 0.159 e. The maximum absolute atomic E-state index is 11.5. The van der Waals surface area contributed by atoms with E-state index in [9.17, 15) is 4.79 Å². The first-order valence-corrected chi connectivity index (χ1v) is 8.10. The zero-order valence-corrected chi connectivity index (χ0v) is 13.7. The van der Waals surface area contributed by atoms with Crippen molar-refractivity contribution in [3.05, 3.63) is 41.7 Å². The number of ketones is 1. The van der Waals surface area contributed by atoms with Crippen LogP contribution in [0.5, 0.6) is 0 Å². The highest BCUT2D eigenvalue weighted by molar-refractivity contribution is 5.95. The second-order valence-electron chi connectivity index (χ2n) is 5.97. The predicted molar refractivity (Wildman–Crippen MR) is 92.6 cm³/mol. The molecule has 1 fully saturated rings. The Morgan fingerprint density at radius 1 is 1.13 bits per heavy atom. The molecule has 1 N–H and O–H groups in total.